The summed E-state index contributed by atoms with van der Waals surface area (Å²) in [6.07, 6.45) is 2.09. The molecule has 1 aliphatic heterocycles. The number of aryl methyl sites for hydroxylation is 1. The minimum atomic E-state index is -2.85. The number of carbonyl (C=O) groups excluding carboxylic acids is 1. The van der Waals surface area contributed by atoms with E-state index in [0.717, 1.165) is 21.2 Å². The standard InChI is InChI=1S/C23H25BrF2N4O/c1-28(2)22(31)16-6-4-15(5-7-16)19-9-11-30(14-23(19,25)26)13-17-12-18-20(24)8-10-27-21(18)29(17)3/h4-8,10,12,19H,9,11,13-14H2,1-3H3. The molecule has 1 amide bonds. The number of carbonyl (C=O) groups is 1. The highest BCUT2D eigenvalue weighted by molar-refractivity contribution is 9.10. The first-order chi connectivity index (χ1) is 14.7. The molecule has 8 heteroatoms. The summed E-state index contributed by atoms with van der Waals surface area (Å²) in [7, 11) is 5.26. The number of hydrogen-bond acceptors (Lipinski definition) is 3. The molecule has 4 rings (SSSR count). The van der Waals surface area contributed by atoms with Crippen LogP contribution in [0.2, 0.25) is 0 Å². The third kappa shape index (κ3) is 4.23. The van der Waals surface area contributed by atoms with Crippen LogP contribution < -0.4 is 0 Å². The van der Waals surface area contributed by atoms with Crippen molar-refractivity contribution < 1.29 is 13.6 Å². The Balaban J connectivity index is 1.49. The van der Waals surface area contributed by atoms with E-state index in [0.29, 0.717) is 30.6 Å². The molecule has 0 spiro atoms. The van der Waals surface area contributed by atoms with E-state index >= 15 is 8.78 Å². The van der Waals surface area contributed by atoms with Gasteiger partial charge >= 0.3 is 0 Å². The third-order valence-electron chi connectivity index (χ3n) is 6.01. The number of aromatic nitrogens is 2. The highest BCUT2D eigenvalue weighted by Gasteiger charge is 2.45. The molecule has 1 aliphatic rings. The van der Waals surface area contributed by atoms with Gasteiger partial charge in [0, 0.05) is 55.0 Å². The molecule has 3 aromatic rings. The second kappa shape index (κ2) is 8.31. The fourth-order valence-corrected chi connectivity index (χ4v) is 4.70. The Hall–Kier alpha value is -2.32. The zero-order chi connectivity index (χ0) is 22.3. The molecule has 1 aromatic carbocycles. The van der Waals surface area contributed by atoms with Crippen LogP contribution in [0.4, 0.5) is 8.78 Å². The Kier molecular flexibility index (Phi) is 5.87. The van der Waals surface area contributed by atoms with E-state index in [-0.39, 0.29) is 12.5 Å². The quantitative estimate of drug-likeness (QED) is 0.533. The predicted molar refractivity (Wildman–Crippen MR) is 120 cm³/mol. The molecule has 3 heterocycles. The smallest absolute Gasteiger partial charge is 0.267 e. The van der Waals surface area contributed by atoms with Crippen molar-refractivity contribution in [3.63, 3.8) is 0 Å². The Bertz CT molecular complexity index is 1110. The number of alkyl halides is 2. The van der Waals surface area contributed by atoms with Gasteiger partial charge in [-0.1, -0.05) is 12.1 Å². The van der Waals surface area contributed by atoms with Crippen LogP contribution in [-0.4, -0.2) is 58.4 Å². The maximum atomic E-state index is 15.1. The normalized spacial score (nSPS) is 19.0. The van der Waals surface area contributed by atoms with Crippen molar-refractivity contribution in [1.29, 1.82) is 0 Å². The van der Waals surface area contributed by atoms with Crippen LogP contribution in [0.25, 0.3) is 11.0 Å². The Morgan fingerprint density at radius 3 is 2.58 bits per heavy atom. The Morgan fingerprint density at radius 2 is 1.97 bits per heavy atom. The van der Waals surface area contributed by atoms with E-state index in [1.165, 1.54) is 4.90 Å². The Morgan fingerprint density at radius 1 is 1.26 bits per heavy atom. The molecule has 0 radical (unpaired) electrons. The van der Waals surface area contributed by atoms with Crippen molar-refractivity contribution in [2.45, 2.75) is 24.8 Å². The lowest BCUT2D eigenvalue weighted by Crippen LogP contribution is -2.47. The second-order valence-corrected chi connectivity index (χ2v) is 9.21. The summed E-state index contributed by atoms with van der Waals surface area (Å²) in [5.41, 5.74) is 2.87. The van der Waals surface area contributed by atoms with Gasteiger partial charge in [-0.2, -0.15) is 0 Å². The van der Waals surface area contributed by atoms with Gasteiger partial charge in [0.25, 0.3) is 11.8 Å². The number of likely N-dealkylation sites (tertiary alicyclic amines) is 1. The summed E-state index contributed by atoms with van der Waals surface area (Å²) in [6.45, 7) is 0.721. The van der Waals surface area contributed by atoms with Crippen LogP contribution in [0.1, 0.15) is 34.0 Å². The molecular formula is C23H25BrF2N4O. The maximum absolute atomic E-state index is 15.1. The van der Waals surface area contributed by atoms with Gasteiger partial charge < -0.3 is 9.47 Å². The fourth-order valence-electron chi connectivity index (χ4n) is 4.29. The Labute approximate surface area is 188 Å². The van der Waals surface area contributed by atoms with Gasteiger partial charge in [-0.3, -0.25) is 9.69 Å². The summed E-state index contributed by atoms with van der Waals surface area (Å²) < 4.78 is 33.1. The summed E-state index contributed by atoms with van der Waals surface area (Å²) in [5, 5.41) is 0.981. The van der Waals surface area contributed by atoms with Crippen LogP contribution in [0.3, 0.4) is 0 Å². The lowest BCUT2D eigenvalue weighted by atomic mass is 9.85. The number of hydrogen-bond donors (Lipinski definition) is 0. The molecule has 0 bridgehead atoms. The van der Waals surface area contributed by atoms with Crippen LogP contribution in [0.15, 0.2) is 47.1 Å². The van der Waals surface area contributed by atoms with Crippen LogP contribution in [0, 0.1) is 0 Å². The number of amides is 1. The molecule has 2 aromatic heterocycles. The van der Waals surface area contributed by atoms with Crippen molar-refractivity contribution in [2.75, 3.05) is 27.2 Å². The van der Waals surface area contributed by atoms with Crippen molar-refractivity contribution in [3.05, 3.63) is 63.9 Å². The first-order valence-corrected chi connectivity index (χ1v) is 11.0. The van der Waals surface area contributed by atoms with Gasteiger partial charge in [0.2, 0.25) is 0 Å². The molecule has 1 atom stereocenters. The van der Waals surface area contributed by atoms with Crippen LogP contribution in [0.5, 0.6) is 0 Å². The minimum absolute atomic E-state index is 0.135. The van der Waals surface area contributed by atoms with Crippen molar-refractivity contribution >= 4 is 32.9 Å². The van der Waals surface area contributed by atoms with E-state index in [1.807, 2.05) is 28.6 Å². The van der Waals surface area contributed by atoms with Crippen LogP contribution >= 0.6 is 15.9 Å². The molecule has 1 saturated heterocycles. The highest BCUT2D eigenvalue weighted by Crippen LogP contribution is 2.41. The highest BCUT2D eigenvalue weighted by atomic mass is 79.9. The lowest BCUT2D eigenvalue weighted by Gasteiger charge is -2.38. The van der Waals surface area contributed by atoms with E-state index < -0.39 is 11.8 Å². The number of piperidine rings is 1. The fraction of sp³-hybridized carbons (Fsp3) is 0.391. The van der Waals surface area contributed by atoms with E-state index in [4.69, 9.17) is 0 Å². The van der Waals surface area contributed by atoms with Gasteiger partial charge in [-0.05, 0) is 58.7 Å². The van der Waals surface area contributed by atoms with Gasteiger partial charge in [0.15, 0.2) is 0 Å². The summed E-state index contributed by atoms with van der Waals surface area (Å²) in [5.74, 6) is -3.84. The van der Waals surface area contributed by atoms with Gasteiger partial charge in [-0.25, -0.2) is 13.8 Å². The van der Waals surface area contributed by atoms with Gasteiger partial charge in [-0.15, -0.1) is 0 Å². The summed E-state index contributed by atoms with van der Waals surface area (Å²) in [4.78, 5) is 19.7. The zero-order valence-electron chi connectivity index (χ0n) is 17.8. The lowest BCUT2D eigenvalue weighted by molar-refractivity contribution is -0.0851. The molecule has 1 fully saturated rings. The first kappa shape index (κ1) is 21.9. The molecule has 5 nitrogen and oxygen atoms in total. The number of pyridine rings is 1. The van der Waals surface area contributed by atoms with E-state index in [9.17, 15) is 4.79 Å². The molecular weight excluding hydrogens is 466 g/mol. The third-order valence-corrected chi connectivity index (χ3v) is 6.70. The van der Waals surface area contributed by atoms with Crippen LogP contribution in [-0.2, 0) is 13.6 Å². The molecule has 164 valence electrons. The molecule has 0 N–H and O–H groups in total. The van der Waals surface area contributed by atoms with Crippen molar-refractivity contribution in [2.24, 2.45) is 7.05 Å². The number of benzene rings is 1. The first-order valence-electron chi connectivity index (χ1n) is 10.2. The molecule has 0 aliphatic carbocycles. The SMILES string of the molecule is CN(C)C(=O)c1ccc(C2CCN(Cc3cc4c(Br)ccnc4n3C)CC2(F)F)cc1. The molecule has 0 saturated carbocycles. The monoisotopic (exact) mass is 490 g/mol. The second-order valence-electron chi connectivity index (χ2n) is 8.36. The minimum Gasteiger partial charge on any atom is -0.345 e. The largest absolute Gasteiger partial charge is 0.345 e. The number of rotatable bonds is 4. The average molecular weight is 491 g/mol. The van der Waals surface area contributed by atoms with E-state index in [2.05, 4.69) is 20.9 Å². The number of fused-ring (bicyclic) bond motifs is 1. The van der Waals surface area contributed by atoms with Crippen molar-refractivity contribution in [1.82, 2.24) is 19.4 Å². The predicted octanol–water partition coefficient (Wildman–Crippen LogP) is 4.66. The maximum Gasteiger partial charge on any atom is 0.267 e. The van der Waals surface area contributed by atoms with Crippen molar-refractivity contribution in [3.8, 4) is 0 Å². The van der Waals surface area contributed by atoms with E-state index in [1.54, 1.807) is 44.6 Å². The molecule has 1 unspecified atom stereocenters. The summed E-state index contributed by atoms with van der Waals surface area (Å²) in [6, 6.07) is 10.5. The van der Waals surface area contributed by atoms with Gasteiger partial charge in [0.1, 0.15) is 5.65 Å². The molecule has 31 heavy (non-hydrogen) atoms. The summed E-state index contributed by atoms with van der Waals surface area (Å²) >= 11 is 3.53. The zero-order valence-corrected chi connectivity index (χ0v) is 19.4. The van der Waals surface area contributed by atoms with Gasteiger partial charge in [0.05, 0.1) is 12.5 Å². The topological polar surface area (TPSA) is 41.4 Å². The average Bonchev–Trinajstić information content (AvgIpc) is 3.04. The number of nitrogens with zero attached hydrogens (tertiary/aromatic N) is 4. The number of halogens is 3.